The molecule has 0 aromatic heterocycles. The van der Waals surface area contributed by atoms with Crippen LogP contribution in [-0.4, -0.2) is 32.8 Å². The average Bonchev–Trinajstić information content (AvgIpc) is 2.55. The topological polar surface area (TPSA) is 24.5 Å². The van der Waals surface area contributed by atoms with Crippen molar-refractivity contribution in [1.29, 1.82) is 0 Å². The molecule has 0 aliphatic carbocycles. The maximum Gasteiger partial charge on any atom is 0.143 e. The van der Waals surface area contributed by atoms with Crippen LogP contribution in [0.25, 0.3) is 0 Å². The Morgan fingerprint density at radius 1 is 1.40 bits per heavy atom. The molecule has 1 N–H and O–H groups in total. The van der Waals surface area contributed by atoms with Gasteiger partial charge < -0.3 is 15.0 Å². The maximum absolute atomic E-state index is 5.96. The first kappa shape index (κ1) is 9.04. The quantitative estimate of drug-likeness (QED) is 0.778. The normalized spacial score (nSPS) is 19.9. The zero-order valence-electron chi connectivity index (χ0n) is 8.99. The second-order valence-electron chi connectivity index (χ2n) is 4.33. The van der Waals surface area contributed by atoms with Gasteiger partial charge in [-0.05, 0) is 18.1 Å². The molecule has 3 rings (SSSR count). The van der Waals surface area contributed by atoms with E-state index in [0.29, 0.717) is 6.10 Å². The first-order valence-corrected chi connectivity index (χ1v) is 5.55. The number of likely N-dealkylation sites (N-methyl/N-ethyl adjacent to an activating group) is 1. The summed E-state index contributed by atoms with van der Waals surface area (Å²) in [6.07, 6.45) is 1.51. The molecule has 80 valence electrons. The van der Waals surface area contributed by atoms with Crippen LogP contribution in [0.3, 0.4) is 0 Å². The van der Waals surface area contributed by atoms with Crippen molar-refractivity contribution in [3.05, 3.63) is 23.8 Å². The van der Waals surface area contributed by atoms with Gasteiger partial charge in [-0.2, -0.15) is 0 Å². The third kappa shape index (κ3) is 1.47. The lowest BCUT2D eigenvalue weighted by molar-refractivity contribution is 0.143. The van der Waals surface area contributed by atoms with Crippen LogP contribution >= 0.6 is 0 Å². The van der Waals surface area contributed by atoms with Gasteiger partial charge in [-0.15, -0.1) is 0 Å². The number of fused-ring (bicyclic) bond motifs is 1. The Morgan fingerprint density at radius 2 is 2.27 bits per heavy atom. The fourth-order valence-corrected chi connectivity index (χ4v) is 2.22. The summed E-state index contributed by atoms with van der Waals surface area (Å²) in [6.45, 7) is 3.07. The number of benzene rings is 1. The number of ether oxygens (including phenoxy) is 1. The Balaban J connectivity index is 1.90. The van der Waals surface area contributed by atoms with E-state index in [1.54, 1.807) is 0 Å². The summed E-state index contributed by atoms with van der Waals surface area (Å²) < 4.78 is 5.96. The van der Waals surface area contributed by atoms with E-state index in [9.17, 15) is 0 Å². The van der Waals surface area contributed by atoms with E-state index in [1.165, 1.54) is 11.3 Å². The Bertz CT molecular complexity index is 374. The van der Waals surface area contributed by atoms with Crippen molar-refractivity contribution < 1.29 is 4.74 Å². The van der Waals surface area contributed by atoms with Crippen molar-refractivity contribution in [2.75, 3.05) is 31.6 Å². The van der Waals surface area contributed by atoms with Crippen molar-refractivity contribution in [3.63, 3.8) is 0 Å². The Hall–Kier alpha value is -1.22. The molecule has 2 heterocycles. The largest absolute Gasteiger partial charge is 0.486 e. The number of nitrogens with zero attached hydrogens (tertiary/aromatic N) is 1. The van der Waals surface area contributed by atoms with E-state index in [4.69, 9.17) is 4.74 Å². The van der Waals surface area contributed by atoms with E-state index in [-0.39, 0.29) is 0 Å². The average molecular weight is 204 g/mol. The molecule has 0 unspecified atom stereocenters. The van der Waals surface area contributed by atoms with Crippen molar-refractivity contribution in [1.82, 2.24) is 5.32 Å². The highest BCUT2D eigenvalue weighted by Gasteiger charge is 2.24. The zero-order valence-corrected chi connectivity index (χ0v) is 8.99. The third-order valence-corrected chi connectivity index (χ3v) is 3.22. The molecule has 0 atom stereocenters. The molecule has 15 heavy (non-hydrogen) atoms. The fourth-order valence-electron chi connectivity index (χ4n) is 2.22. The number of hydrogen-bond acceptors (Lipinski definition) is 3. The molecule has 0 amide bonds. The van der Waals surface area contributed by atoms with E-state index in [0.717, 1.165) is 31.8 Å². The standard InChI is InChI=1S/C12H16N2O/c1-14-6-5-9-3-2-4-11(12(9)14)15-10-7-13-8-10/h2-4,10,13H,5-8H2,1H3. The van der Waals surface area contributed by atoms with Gasteiger partial charge in [-0.1, -0.05) is 12.1 Å². The van der Waals surface area contributed by atoms with Crippen LogP contribution in [0.5, 0.6) is 5.75 Å². The van der Waals surface area contributed by atoms with E-state index in [1.807, 2.05) is 0 Å². The predicted molar refractivity (Wildman–Crippen MR) is 60.7 cm³/mol. The summed E-state index contributed by atoms with van der Waals surface area (Å²) in [6, 6.07) is 6.38. The predicted octanol–water partition coefficient (Wildman–Crippen LogP) is 1.03. The van der Waals surface area contributed by atoms with Crippen LogP contribution in [0, 0.1) is 0 Å². The molecule has 2 aliphatic rings. The van der Waals surface area contributed by atoms with Crippen molar-refractivity contribution in [3.8, 4) is 5.75 Å². The van der Waals surface area contributed by atoms with Gasteiger partial charge in [0.25, 0.3) is 0 Å². The second-order valence-corrected chi connectivity index (χ2v) is 4.33. The lowest BCUT2D eigenvalue weighted by atomic mass is 10.1. The number of hydrogen-bond donors (Lipinski definition) is 1. The van der Waals surface area contributed by atoms with Crippen LogP contribution in [0.4, 0.5) is 5.69 Å². The SMILES string of the molecule is CN1CCc2cccc(OC3CNC3)c21. The lowest BCUT2D eigenvalue weighted by Gasteiger charge is -2.29. The minimum atomic E-state index is 0.366. The minimum Gasteiger partial charge on any atom is -0.486 e. The van der Waals surface area contributed by atoms with Crippen LogP contribution in [0.1, 0.15) is 5.56 Å². The molecule has 1 aromatic carbocycles. The van der Waals surface area contributed by atoms with Gasteiger partial charge in [0.2, 0.25) is 0 Å². The Morgan fingerprint density at radius 3 is 3.00 bits per heavy atom. The van der Waals surface area contributed by atoms with Gasteiger partial charge in [0.05, 0.1) is 5.69 Å². The molecule has 0 radical (unpaired) electrons. The van der Waals surface area contributed by atoms with E-state index >= 15 is 0 Å². The zero-order chi connectivity index (χ0) is 10.3. The second kappa shape index (κ2) is 3.42. The number of nitrogens with one attached hydrogen (secondary N) is 1. The molecular weight excluding hydrogens is 188 g/mol. The molecule has 3 nitrogen and oxygen atoms in total. The first-order valence-electron chi connectivity index (χ1n) is 5.55. The van der Waals surface area contributed by atoms with Crippen LogP contribution in [-0.2, 0) is 6.42 Å². The smallest absolute Gasteiger partial charge is 0.143 e. The minimum absolute atomic E-state index is 0.366. The maximum atomic E-state index is 5.96. The van der Waals surface area contributed by atoms with Gasteiger partial charge in [0.15, 0.2) is 0 Å². The third-order valence-electron chi connectivity index (χ3n) is 3.22. The van der Waals surface area contributed by atoms with E-state index < -0.39 is 0 Å². The van der Waals surface area contributed by atoms with Crippen LogP contribution in [0.15, 0.2) is 18.2 Å². The monoisotopic (exact) mass is 204 g/mol. The first-order chi connectivity index (χ1) is 7.34. The summed E-state index contributed by atoms with van der Waals surface area (Å²) in [5, 5.41) is 3.22. The Labute approximate surface area is 90.0 Å². The van der Waals surface area contributed by atoms with Gasteiger partial charge in [0, 0.05) is 26.7 Å². The Kier molecular flexibility index (Phi) is 2.06. The molecule has 3 heteroatoms. The highest BCUT2D eigenvalue weighted by atomic mass is 16.5. The number of para-hydroxylation sites is 1. The van der Waals surface area contributed by atoms with Gasteiger partial charge in [0.1, 0.15) is 11.9 Å². The van der Waals surface area contributed by atoms with Gasteiger partial charge in [-0.25, -0.2) is 0 Å². The van der Waals surface area contributed by atoms with E-state index in [2.05, 4.69) is 35.5 Å². The molecular formula is C12H16N2O. The van der Waals surface area contributed by atoms with Gasteiger partial charge >= 0.3 is 0 Å². The molecule has 1 saturated heterocycles. The highest BCUT2D eigenvalue weighted by Crippen LogP contribution is 2.36. The van der Waals surface area contributed by atoms with Crippen LogP contribution in [0.2, 0.25) is 0 Å². The van der Waals surface area contributed by atoms with Crippen LogP contribution < -0.4 is 15.0 Å². The molecule has 1 fully saturated rings. The summed E-state index contributed by atoms with van der Waals surface area (Å²) in [7, 11) is 2.14. The number of anilines is 1. The molecule has 0 bridgehead atoms. The van der Waals surface area contributed by atoms with Crippen molar-refractivity contribution in [2.45, 2.75) is 12.5 Å². The molecule has 1 aromatic rings. The highest BCUT2D eigenvalue weighted by molar-refractivity contribution is 5.66. The van der Waals surface area contributed by atoms with Crippen molar-refractivity contribution in [2.24, 2.45) is 0 Å². The summed E-state index contributed by atoms with van der Waals surface area (Å²) in [4.78, 5) is 2.29. The van der Waals surface area contributed by atoms with Gasteiger partial charge in [-0.3, -0.25) is 0 Å². The van der Waals surface area contributed by atoms with Crippen molar-refractivity contribution >= 4 is 5.69 Å². The summed E-state index contributed by atoms with van der Waals surface area (Å²) in [5.41, 5.74) is 2.71. The lowest BCUT2D eigenvalue weighted by Crippen LogP contribution is -2.50. The molecule has 0 saturated carbocycles. The fraction of sp³-hybridized carbons (Fsp3) is 0.500. The molecule has 2 aliphatic heterocycles. The molecule has 0 spiro atoms. The summed E-state index contributed by atoms with van der Waals surface area (Å²) in [5.74, 6) is 1.05. The summed E-state index contributed by atoms with van der Waals surface area (Å²) >= 11 is 0. The number of rotatable bonds is 2.